The molecule has 2 atom stereocenters. The van der Waals surface area contributed by atoms with Gasteiger partial charge < -0.3 is 9.88 Å². The molecule has 2 heterocycles. The molecule has 1 aromatic heterocycles. The second-order valence-electron chi connectivity index (χ2n) is 6.56. The summed E-state index contributed by atoms with van der Waals surface area (Å²) in [4.78, 5) is 16.7. The van der Waals surface area contributed by atoms with Crippen molar-refractivity contribution in [2.24, 2.45) is 0 Å². The van der Waals surface area contributed by atoms with Crippen LogP contribution in [0, 0.1) is 12.7 Å². The maximum atomic E-state index is 13.1. The van der Waals surface area contributed by atoms with Gasteiger partial charge in [-0.3, -0.25) is 4.79 Å². The van der Waals surface area contributed by atoms with E-state index in [1.165, 1.54) is 12.1 Å². The van der Waals surface area contributed by atoms with Crippen LogP contribution >= 0.6 is 0 Å². The van der Waals surface area contributed by atoms with Gasteiger partial charge in [-0.1, -0.05) is 12.1 Å². The number of hydrogen-bond donors (Lipinski definition) is 3. The molecule has 1 aliphatic rings. The van der Waals surface area contributed by atoms with Crippen molar-refractivity contribution in [2.45, 2.75) is 25.4 Å². The Morgan fingerprint density at radius 1 is 1.15 bits per heavy atom. The highest BCUT2D eigenvalue weighted by atomic mass is 19.1. The number of amides is 1. The Morgan fingerprint density at radius 3 is 2.56 bits per heavy atom. The lowest BCUT2D eigenvalue weighted by molar-refractivity contribution is -0.117. The third-order valence-corrected chi connectivity index (χ3v) is 4.73. The number of imidazole rings is 1. The summed E-state index contributed by atoms with van der Waals surface area (Å²) < 4.78 is 15.0. The number of carbonyl (C=O) groups is 1. The molecule has 1 saturated heterocycles. The maximum Gasteiger partial charge on any atom is 0.242 e. The van der Waals surface area contributed by atoms with Crippen LogP contribution < -0.4 is 16.2 Å². The molecule has 3 aromatic rings. The fraction of sp³-hybridized carbons (Fsp3) is 0.200. The van der Waals surface area contributed by atoms with Crippen molar-refractivity contribution >= 4 is 11.6 Å². The zero-order valence-corrected chi connectivity index (χ0v) is 14.8. The lowest BCUT2D eigenvalue weighted by Gasteiger charge is -2.12. The van der Waals surface area contributed by atoms with E-state index in [0.717, 1.165) is 22.8 Å². The summed E-state index contributed by atoms with van der Waals surface area (Å²) in [5, 5.41) is 2.93. The van der Waals surface area contributed by atoms with Crippen LogP contribution in [-0.2, 0) is 4.79 Å². The Bertz CT molecular complexity index is 936. The molecule has 2 aromatic carbocycles. The summed E-state index contributed by atoms with van der Waals surface area (Å²) in [6.07, 6.45) is 4.23. The number of halogens is 1. The fourth-order valence-corrected chi connectivity index (χ4v) is 3.23. The number of carbonyl (C=O) groups excluding carboxylic acids is 1. The summed E-state index contributed by atoms with van der Waals surface area (Å²) in [7, 11) is 0. The van der Waals surface area contributed by atoms with Gasteiger partial charge in [0.05, 0.1) is 0 Å². The van der Waals surface area contributed by atoms with Gasteiger partial charge in [-0.25, -0.2) is 20.2 Å². The third kappa shape index (κ3) is 3.74. The van der Waals surface area contributed by atoms with E-state index in [1.807, 2.05) is 42.0 Å². The van der Waals surface area contributed by atoms with E-state index < -0.39 is 0 Å². The van der Waals surface area contributed by atoms with E-state index in [1.54, 1.807) is 18.3 Å². The van der Waals surface area contributed by atoms with Gasteiger partial charge in [-0.05, 0) is 55.3 Å². The van der Waals surface area contributed by atoms with Crippen LogP contribution in [0.25, 0.3) is 5.69 Å². The lowest BCUT2D eigenvalue weighted by atomic mass is 10.0. The van der Waals surface area contributed by atoms with Crippen molar-refractivity contribution < 1.29 is 9.18 Å². The normalized spacial score (nSPS) is 19.2. The molecule has 3 N–H and O–H groups in total. The Labute approximate surface area is 156 Å². The molecule has 138 valence electrons. The molecule has 4 rings (SSSR count). The van der Waals surface area contributed by atoms with Crippen LogP contribution in [0.1, 0.15) is 23.9 Å². The molecule has 0 spiro atoms. The molecule has 0 saturated carbocycles. The topological polar surface area (TPSA) is 71.0 Å². The highest BCUT2D eigenvalue weighted by Gasteiger charge is 2.30. The quantitative estimate of drug-likeness (QED) is 0.665. The van der Waals surface area contributed by atoms with E-state index in [-0.39, 0.29) is 23.8 Å². The number of benzene rings is 2. The minimum Gasteiger partial charge on any atom is -0.325 e. The van der Waals surface area contributed by atoms with E-state index in [9.17, 15) is 9.18 Å². The van der Waals surface area contributed by atoms with Crippen molar-refractivity contribution in [1.82, 2.24) is 20.4 Å². The standard InChI is InChI=1S/C20H20FN5O/c1-13-22-10-11-26(13)17-8-6-16(7-9-17)23-20(27)19-12-18(24-25-19)14-2-4-15(21)5-3-14/h2-11,18-19,24-25H,12H2,1H3,(H,23,27). The van der Waals surface area contributed by atoms with E-state index >= 15 is 0 Å². The SMILES string of the molecule is Cc1nccn1-c1ccc(NC(=O)C2CC(c3ccc(F)cc3)NN2)cc1. The van der Waals surface area contributed by atoms with Crippen molar-refractivity contribution in [3.63, 3.8) is 0 Å². The van der Waals surface area contributed by atoms with Crippen LogP contribution in [0.2, 0.25) is 0 Å². The van der Waals surface area contributed by atoms with E-state index in [4.69, 9.17) is 0 Å². The molecule has 6 nitrogen and oxygen atoms in total. The third-order valence-electron chi connectivity index (χ3n) is 4.73. The van der Waals surface area contributed by atoms with Crippen molar-refractivity contribution in [3.05, 3.63) is 78.1 Å². The second kappa shape index (κ2) is 7.30. The van der Waals surface area contributed by atoms with Crippen molar-refractivity contribution in [2.75, 3.05) is 5.32 Å². The van der Waals surface area contributed by atoms with Crippen LogP contribution in [0.3, 0.4) is 0 Å². The molecule has 0 radical (unpaired) electrons. The number of hydrogen-bond acceptors (Lipinski definition) is 4. The van der Waals surface area contributed by atoms with Crippen LogP contribution in [0.15, 0.2) is 60.9 Å². The average molecular weight is 365 g/mol. The van der Waals surface area contributed by atoms with Crippen LogP contribution in [0.4, 0.5) is 10.1 Å². The summed E-state index contributed by atoms with van der Waals surface area (Å²) >= 11 is 0. The Balaban J connectivity index is 1.38. The molecular weight excluding hydrogens is 345 g/mol. The Kier molecular flexibility index (Phi) is 4.70. The minimum absolute atomic E-state index is 0.0343. The first-order valence-electron chi connectivity index (χ1n) is 8.78. The van der Waals surface area contributed by atoms with Gasteiger partial charge in [0.2, 0.25) is 5.91 Å². The molecule has 1 amide bonds. The van der Waals surface area contributed by atoms with Gasteiger partial charge >= 0.3 is 0 Å². The predicted molar refractivity (Wildman–Crippen MR) is 101 cm³/mol. The first-order valence-corrected chi connectivity index (χ1v) is 8.78. The first-order chi connectivity index (χ1) is 13.1. The van der Waals surface area contributed by atoms with E-state index in [2.05, 4.69) is 21.2 Å². The fourth-order valence-electron chi connectivity index (χ4n) is 3.23. The van der Waals surface area contributed by atoms with Crippen LogP contribution in [0.5, 0.6) is 0 Å². The predicted octanol–water partition coefficient (Wildman–Crippen LogP) is 2.87. The van der Waals surface area contributed by atoms with Gasteiger partial charge in [-0.15, -0.1) is 0 Å². The largest absolute Gasteiger partial charge is 0.325 e. The highest BCUT2D eigenvalue weighted by Crippen LogP contribution is 2.23. The average Bonchev–Trinajstić information content (AvgIpc) is 3.32. The van der Waals surface area contributed by atoms with E-state index in [0.29, 0.717) is 6.42 Å². The molecule has 7 heteroatoms. The lowest BCUT2D eigenvalue weighted by Crippen LogP contribution is -2.39. The van der Waals surface area contributed by atoms with Crippen molar-refractivity contribution in [3.8, 4) is 5.69 Å². The summed E-state index contributed by atoms with van der Waals surface area (Å²) in [5.41, 5.74) is 8.77. The molecular formula is C20H20FN5O. The monoisotopic (exact) mass is 365 g/mol. The van der Waals surface area contributed by atoms with Gasteiger partial charge in [0, 0.05) is 29.8 Å². The number of aryl methyl sites for hydroxylation is 1. The Hall–Kier alpha value is -3.03. The van der Waals surface area contributed by atoms with Crippen molar-refractivity contribution in [1.29, 1.82) is 0 Å². The summed E-state index contributed by atoms with van der Waals surface area (Å²) in [5.74, 6) is 0.520. The zero-order chi connectivity index (χ0) is 18.8. The first kappa shape index (κ1) is 17.4. The number of nitrogens with one attached hydrogen (secondary N) is 3. The number of aromatic nitrogens is 2. The number of anilines is 1. The molecule has 27 heavy (non-hydrogen) atoms. The number of hydrazine groups is 1. The van der Waals surface area contributed by atoms with Gasteiger partial charge in [0.1, 0.15) is 17.7 Å². The highest BCUT2D eigenvalue weighted by molar-refractivity contribution is 5.95. The molecule has 1 fully saturated rings. The van der Waals surface area contributed by atoms with Gasteiger partial charge in [0.25, 0.3) is 0 Å². The van der Waals surface area contributed by atoms with Crippen LogP contribution in [-0.4, -0.2) is 21.5 Å². The smallest absolute Gasteiger partial charge is 0.242 e. The zero-order valence-electron chi connectivity index (χ0n) is 14.8. The Morgan fingerprint density at radius 2 is 1.89 bits per heavy atom. The molecule has 0 bridgehead atoms. The molecule has 1 aliphatic heterocycles. The molecule has 0 aliphatic carbocycles. The van der Waals surface area contributed by atoms with Gasteiger partial charge in [0.15, 0.2) is 0 Å². The maximum absolute atomic E-state index is 13.1. The van der Waals surface area contributed by atoms with Gasteiger partial charge in [-0.2, -0.15) is 0 Å². The molecule has 2 unspecified atom stereocenters. The second-order valence-corrected chi connectivity index (χ2v) is 6.56. The number of rotatable bonds is 4. The summed E-state index contributed by atoms with van der Waals surface area (Å²) in [6, 6.07) is 13.5. The number of nitrogens with zero attached hydrogens (tertiary/aromatic N) is 2. The summed E-state index contributed by atoms with van der Waals surface area (Å²) in [6.45, 7) is 1.94. The minimum atomic E-state index is -0.365.